The van der Waals surface area contributed by atoms with Crippen molar-refractivity contribution in [1.29, 1.82) is 0 Å². The van der Waals surface area contributed by atoms with Crippen LogP contribution in [0.2, 0.25) is 0 Å². The van der Waals surface area contributed by atoms with Crippen molar-refractivity contribution in [2.24, 2.45) is 0 Å². The maximum absolute atomic E-state index is 6.46. The van der Waals surface area contributed by atoms with Gasteiger partial charge in [-0.05, 0) is 40.8 Å². The highest BCUT2D eigenvalue weighted by atomic mass is 16.5. The summed E-state index contributed by atoms with van der Waals surface area (Å²) >= 11 is 0. The van der Waals surface area contributed by atoms with Crippen LogP contribution in [0, 0.1) is 0 Å². The van der Waals surface area contributed by atoms with Crippen molar-refractivity contribution in [1.82, 2.24) is 4.98 Å². The van der Waals surface area contributed by atoms with Gasteiger partial charge >= 0.3 is 0 Å². The topological polar surface area (TPSA) is 22.1 Å². The molecule has 1 aliphatic rings. The number of hydrogen-bond acceptors (Lipinski definition) is 2. The van der Waals surface area contributed by atoms with Gasteiger partial charge in [-0.2, -0.15) is 0 Å². The van der Waals surface area contributed by atoms with Crippen LogP contribution in [0.25, 0.3) is 44.3 Å². The van der Waals surface area contributed by atoms with E-state index in [1.165, 1.54) is 11.1 Å². The zero-order valence-corrected chi connectivity index (χ0v) is 15.7. The van der Waals surface area contributed by atoms with Crippen LogP contribution in [0.15, 0.2) is 103 Å². The van der Waals surface area contributed by atoms with Gasteiger partial charge in [0.25, 0.3) is 0 Å². The summed E-state index contributed by atoms with van der Waals surface area (Å²) in [6, 6.07) is 33.5. The third-order valence-corrected chi connectivity index (χ3v) is 5.53. The maximum Gasteiger partial charge on any atom is 0.136 e. The number of nitrogens with zero attached hydrogens (tertiary/aromatic N) is 1. The predicted octanol–water partition coefficient (Wildman–Crippen LogP) is 7.34. The molecule has 0 atom stereocenters. The van der Waals surface area contributed by atoms with Gasteiger partial charge in [0.2, 0.25) is 0 Å². The minimum Gasteiger partial charge on any atom is -0.456 e. The van der Waals surface area contributed by atoms with E-state index in [1.807, 2.05) is 36.5 Å². The molecule has 0 saturated heterocycles. The van der Waals surface area contributed by atoms with Crippen LogP contribution in [0.5, 0.6) is 11.5 Å². The van der Waals surface area contributed by atoms with Crippen molar-refractivity contribution < 1.29 is 4.74 Å². The van der Waals surface area contributed by atoms with E-state index in [0.29, 0.717) is 0 Å². The average molecular weight is 371 g/mol. The summed E-state index contributed by atoms with van der Waals surface area (Å²) in [5, 5.41) is 2.25. The lowest BCUT2D eigenvalue weighted by Gasteiger charge is -2.13. The first-order valence-corrected chi connectivity index (χ1v) is 9.73. The molecule has 0 amide bonds. The normalized spacial score (nSPS) is 11.7. The van der Waals surface area contributed by atoms with E-state index >= 15 is 0 Å². The van der Waals surface area contributed by atoms with Gasteiger partial charge in [0, 0.05) is 28.3 Å². The SMILES string of the molecule is c1ccc(-c2nccc3cc4c(cc23)Oc2ccccc2-c2ccccc2-4)cc1. The first-order valence-electron chi connectivity index (χ1n) is 9.73. The summed E-state index contributed by atoms with van der Waals surface area (Å²) in [6.45, 7) is 0. The predicted molar refractivity (Wildman–Crippen MR) is 118 cm³/mol. The summed E-state index contributed by atoms with van der Waals surface area (Å²) < 4.78 is 6.46. The minimum absolute atomic E-state index is 0.861. The van der Waals surface area contributed by atoms with E-state index in [9.17, 15) is 0 Å². The fourth-order valence-corrected chi connectivity index (χ4v) is 4.17. The van der Waals surface area contributed by atoms with Crippen LogP contribution in [-0.2, 0) is 0 Å². The lowest BCUT2D eigenvalue weighted by molar-refractivity contribution is 0.488. The minimum atomic E-state index is 0.861. The summed E-state index contributed by atoms with van der Waals surface area (Å²) in [4.78, 5) is 4.68. The van der Waals surface area contributed by atoms with E-state index in [0.717, 1.165) is 44.7 Å². The Morgan fingerprint density at radius 2 is 1.24 bits per heavy atom. The Labute approximate surface area is 169 Å². The maximum atomic E-state index is 6.46. The molecule has 1 aromatic heterocycles. The summed E-state index contributed by atoms with van der Waals surface area (Å²) in [7, 11) is 0. The number of aromatic nitrogens is 1. The Balaban J connectivity index is 1.68. The van der Waals surface area contributed by atoms with Gasteiger partial charge in [-0.3, -0.25) is 4.98 Å². The molecule has 0 radical (unpaired) electrons. The standard InChI is InChI=1S/C27H17NO/c1-2-8-18(9-3-1)27-23-17-26-24(16-19(23)14-15-28-27)21-11-5-4-10-20(21)22-12-6-7-13-25(22)29-26/h1-17H. The highest BCUT2D eigenvalue weighted by Gasteiger charge is 2.21. The number of rotatable bonds is 1. The third kappa shape index (κ3) is 2.54. The van der Waals surface area contributed by atoms with E-state index in [-0.39, 0.29) is 0 Å². The molecule has 4 aromatic carbocycles. The summed E-state index contributed by atoms with van der Waals surface area (Å²) in [5.41, 5.74) is 6.68. The molecule has 2 heterocycles. The van der Waals surface area contributed by atoms with Gasteiger partial charge in [0.05, 0.1) is 5.69 Å². The van der Waals surface area contributed by atoms with Gasteiger partial charge in [0.1, 0.15) is 11.5 Å². The molecule has 6 rings (SSSR count). The monoisotopic (exact) mass is 371 g/mol. The molecule has 29 heavy (non-hydrogen) atoms. The Hall–Kier alpha value is -3.91. The molecule has 1 aliphatic heterocycles. The van der Waals surface area contributed by atoms with E-state index in [4.69, 9.17) is 4.74 Å². The van der Waals surface area contributed by atoms with Crippen LogP contribution >= 0.6 is 0 Å². The van der Waals surface area contributed by atoms with Crippen molar-refractivity contribution in [2.45, 2.75) is 0 Å². The van der Waals surface area contributed by atoms with E-state index < -0.39 is 0 Å². The molecule has 2 heteroatoms. The van der Waals surface area contributed by atoms with E-state index in [1.54, 1.807) is 0 Å². The summed E-state index contributed by atoms with van der Waals surface area (Å²) in [5.74, 6) is 1.74. The van der Waals surface area contributed by atoms with Crippen molar-refractivity contribution in [3.63, 3.8) is 0 Å². The quantitative estimate of drug-likeness (QED) is 0.302. The van der Waals surface area contributed by atoms with Crippen LogP contribution in [0.4, 0.5) is 0 Å². The van der Waals surface area contributed by atoms with Crippen molar-refractivity contribution >= 4 is 10.8 Å². The van der Waals surface area contributed by atoms with Gasteiger partial charge in [-0.15, -0.1) is 0 Å². The number of benzene rings is 4. The number of para-hydroxylation sites is 1. The van der Waals surface area contributed by atoms with Gasteiger partial charge in [0.15, 0.2) is 0 Å². The molecule has 2 nitrogen and oxygen atoms in total. The molecule has 0 aliphatic carbocycles. The largest absolute Gasteiger partial charge is 0.456 e. The molecule has 136 valence electrons. The second-order valence-corrected chi connectivity index (χ2v) is 7.24. The molecule has 0 N–H and O–H groups in total. The first-order chi connectivity index (χ1) is 14.4. The molecule has 5 aromatic rings. The molecule has 0 spiro atoms. The highest BCUT2D eigenvalue weighted by Crippen LogP contribution is 2.48. The molecular formula is C27H17NO. The molecule has 0 fully saturated rings. The molecule has 0 unspecified atom stereocenters. The van der Waals surface area contributed by atoms with Crippen molar-refractivity contribution in [2.75, 3.05) is 0 Å². The molecule has 0 bridgehead atoms. The second-order valence-electron chi connectivity index (χ2n) is 7.24. The van der Waals surface area contributed by atoms with Gasteiger partial charge in [-0.25, -0.2) is 0 Å². The van der Waals surface area contributed by atoms with Gasteiger partial charge in [-0.1, -0.05) is 72.8 Å². The highest BCUT2D eigenvalue weighted by molar-refractivity contribution is 6.01. The van der Waals surface area contributed by atoms with Crippen LogP contribution in [-0.4, -0.2) is 4.98 Å². The van der Waals surface area contributed by atoms with Crippen LogP contribution in [0.1, 0.15) is 0 Å². The van der Waals surface area contributed by atoms with Gasteiger partial charge < -0.3 is 4.74 Å². The zero-order chi connectivity index (χ0) is 19.2. The molecule has 0 saturated carbocycles. The zero-order valence-electron chi connectivity index (χ0n) is 15.7. The lowest BCUT2D eigenvalue weighted by atomic mass is 9.93. The van der Waals surface area contributed by atoms with Crippen molar-refractivity contribution in [3.8, 4) is 45.0 Å². The van der Waals surface area contributed by atoms with E-state index in [2.05, 4.69) is 71.7 Å². The lowest BCUT2D eigenvalue weighted by Crippen LogP contribution is -1.90. The Kier molecular flexibility index (Phi) is 3.50. The van der Waals surface area contributed by atoms with Crippen molar-refractivity contribution in [3.05, 3.63) is 103 Å². The number of pyridine rings is 1. The Bertz CT molecular complexity index is 1370. The average Bonchev–Trinajstić information content (AvgIpc) is 2.92. The second kappa shape index (κ2) is 6.32. The summed E-state index contributed by atoms with van der Waals surface area (Å²) in [6.07, 6.45) is 1.88. The molecular weight excluding hydrogens is 354 g/mol. The fraction of sp³-hybridized carbons (Fsp3) is 0. The number of fused-ring (bicyclic) bond motifs is 6. The number of hydrogen-bond donors (Lipinski definition) is 0. The van der Waals surface area contributed by atoms with Crippen LogP contribution in [0.3, 0.4) is 0 Å². The Morgan fingerprint density at radius 3 is 2.07 bits per heavy atom. The van der Waals surface area contributed by atoms with Crippen LogP contribution < -0.4 is 4.74 Å². The first kappa shape index (κ1) is 16.1. The third-order valence-electron chi connectivity index (χ3n) is 5.53. The fourth-order valence-electron chi connectivity index (χ4n) is 4.17. The smallest absolute Gasteiger partial charge is 0.136 e. The Morgan fingerprint density at radius 1 is 0.552 bits per heavy atom. The number of ether oxygens (including phenoxy) is 1.